The first-order chi connectivity index (χ1) is 20.7. The van der Waals surface area contributed by atoms with Crippen molar-refractivity contribution in [2.45, 2.75) is 44.9 Å². The third-order valence-corrected chi connectivity index (χ3v) is 7.08. The molecular formula is C32H43N9O2. The number of carbonyl (C=O) groups excluding carboxylic acids is 1. The number of piperidine rings is 1. The van der Waals surface area contributed by atoms with Crippen LogP contribution in [0.15, 0.2) is 65.4 Å². The van der Waals surface area contributed by atoms with E-state index in [1.807, 2.05) is 63.3 Å². The van der Waals surface area contributed by atoms with Gasteiger partial charge in [0.1, 0.15) is 30.5 Å². The Kier molecular flexibility index (Phi) is 11.8. The van der Waals surface area contributed by atoms with Crippen molar-refractivity contribution >= 4 is 41.3 Å². The molecule has 43 heavy (non-hydrogen) atoms. The van der Waals surface area contributed by atoms with Crippen LogP contribution in [-0.2, 0) is 10.2 Å². The molecule has 0 amide bonds. The molecule has 2 aromatic carbocycles. The number of anilines is 5. The Labute approximate surface area is 253 Å². The van der Waals surface area contributed by atoms with Gasteiger partial charge in [0, 0.05) is 42.5 Å². The predicted octanol–water partition coefficient (Wildman–Crippen LogP) is 5.56. The van der Waals surface area contributed by atoms with Crippen molar-refractivity contribution in [1.29, 1.82) is 5.41 Å². The first-order valence-electron chi connectivity index (χ1n) is 14.2. The van der Waals surface area contributed by atoms with E-state index in [1.54, 1.807) is 0 Å². The molecule has 0 radical (unpaired) electrons. The van der Waals surface area contributed by atoms with E-state index in [0.29, 0.717) is 23.0 Å². The predicted molar refractivity (Wildman–Crippen MR) is 175 cm³/mol. The van der Waals surface area contributed by atoms with Crippen LogP contribution in [0.3, 0.4) is 0 Å². The van der Waals surface area contributed by atoms with Crippen LogP contribution in [0.5, 0.6) is 0 Å². The molecule has 3 heterocycles. The van der Waals surface area contributed by atoms with Crippen LogP contribution in [0.2, 0.25) is 0 Å². The van der Waals surface area contributed by atoms with E-state index >= 15 is 0 Å². The maximum absolute atomic E-state index is 8.78. The molecule has 0 aliphatic carbocycles. The lowest BCUT2D eigenvalue weighted by Gasteiger charge is -2.23. The van der Waals surface area contributed by atoms with Crippen molar-refractivity contribution in [1.82, 2.24) is 20.4 Å². The highest BCUT2D eigenvalue weighted by Crippen LogP contribution is 2.28. The second kappa shape index (κ2) is 15.5. The fourth-order valence-corrected chi connectivity index (χ4v) is 4.57. The number of nitrogens with zero attached hydrogens (tertiary/aromatic N) is 3. The van der Waals surface area contributed by atoms with E-state index in [-0.39, 0.29) is 11.2 Å². The van der Waals surface area contributed by atoms with E-state index in [1.165, 1.54) is 11.9 Å². The first kappa shape index (κ1) is 32.7. The summed E-state index contributed by atoms with van der Waals surface area (Å²) < 4.78 is 5.11. The summed E-state index contributed by atoms with van der Waals surface area (Å²) in [5.74, 6) is 3.08. The number of hydrogen-bond donors (Lipinski definition) is 6. The SMILES string of the molecule is C=O.CNc1cc(C(C)(C)C)on1.CNc1ccc(Nc2ncnc(N)c2C(=N)c2ccc(C3CCNCC3)cc2)cc1. The summed E-state index contributed by atoms with van der Waals surface area (Å²) in [5.41, 5.74) is 11.0. The van der Waals surface area contributed by atoms with Gasteiger partial charge in [0.05, 0.1) is 11.3 Å². The summed E-state index contributed by atoms with van der Waals surface area (Å²) in [6.45, 7) is 10.4. The highest BCUT2D eigenvalue weighted by atomic mass is 16.5. The normalized spacial score (nSPS) is 13.0. The maximum atomic E-state index is 8.78. The van der Waals surface area contributed by atoms with Crippen molar-refractivity contribution in [2.24, 2.45) is 0 Å². The van der Waals surface area contributed by atoms with Gasteiger partial charge in [-0.3, -0.25) is 5.41 Å². The number of hydrogen-bond acceptors (Lipinski definition) is 11. The van der Waals surface area contributed by atoms with Gasteiger partial charge < -0.3 is 36.3 Å². The van der Waals surface area contributed by atoms with Gasteiger partial charge in [-0.1, -0.05) is 50.2 Å². The molecule has 228 valence electrons. The molecule has 0 unspecified atom stereocenters. The van der Waals surface area contributed by atoms with E-state index in [0.717, 1.165) is 54.4 Å². The number of carbonyl (C=O) groups is 1. The number of nitrogen functional groups attached to an aromatic ring is 1. The molecule has 11 heteroatoms. The zero-order valence-electron chi connectivity index (χ0n) is 25.6. The van der Waals surface area contributed by atoms with Crippen LogP contribution in [0.4, 0.5) is 28.8 Å². The van der Waals surface area contributed by atoms with E-state index in [4.69, 9.17) is 20.5 Å². The summed E-state index contributed by atoms with van der Waals surface area (Å²) in [5, 5.41) is 25.3. The van der Waals surface area contributed by atoms with Crippen LogP contribution in [-0.4, -0.2) is 54.8 Å². The molecule has 4 aromatic rings. The molecule has 7 N–H and O–H groups in total. The quantitative estimate of drug-likeness (QED) is 0.151. The van der Waals surface area contributed by atoms with Gasteiger partial charge in [-0.25, -0.2) is 9.97 Å². The zero-order valence-corrected chi connectivity index (χ0v) is 25.6. The average Bonchev–Trinajstić information content (AvgIpc) is 3.54. The molecule has 5 rings (SSSR count). The number of rotatable bonds is 7. The Balaban J connectivity index is 0.000000327. The summed E-state index contributed by atoms with van der Waals surface area (Å²) in [4.78, 5) is 16.5. The van der Waals surface area contributed by atoms with Crippen molar-refractivity contribution in [3.05, 3.63) is 83.4 Å². The summed E-state index contributed by atoms with van der Waals surface area (Å²) in [7, 11) is 3.70. The second-order valence-electron chi connectivity index (χ2n) is 11.0. The minimum absolute atomic E-state index is 0.0437. The van der Waals surface area contributed by atoms with Crippen LogP contribution in [0.1, 0.15) is 62.0 Å². The van der Waals surface area contributed by atoms with E-state index in [9.17, 15) is 0 Å². The van der Waals surface area contributed by atoms with Crippen LogP contribution >= 0.6 is 0 Å². The van der Waals surface area contributed by atoms with Gasteiger partial charge in [-0.15, -0.1) is 0 Å². The van der Waals surface area contributed by atoms with Gasteiger partial charge in [0.2, 0.25) is 0 Å². The van der Waals surface area contributed by atoms with Gasteiger partial charge in [0.25, 0.3) is 0 Å². The number of nitrogens with one attached hydrogen (secondary N) is 5. The van der Waals surface area contributed by atoms with Crippen LogP contribution in [0.25, 0.3) is 0 Å². The van der Waals surface area contributed by atoms with E-state index in [2.05, 4.69) is 69.3 Å². The highest BCUT2D eigenvalue weighted by Gasteiger charge is 2.20. The monoisotopic (exact) mass is 585 g/mol. The topological polar surface area (TPSA) is 167 Å². The molecule has 1 fully saturated rings. The van der Waals surface area contributed by atoms with Gasteiger partial charge in [-0.2, -0.15) is 0 Å². The maximum Gasteiger partial charge on any atom is 0.169 e. The largest absolute Gasteiger partial charge is 0.388 e. The molecule has 11 nitrogen and oxygen atoms in total. The second-order valence-corrected chi connectivity index (χ2v) is 11.0. The Morgan fingerprint density at radius 1 is 0.977 bits per heavy atom. The third-order valence-electron chi connectivity index (χ3n) is 7.08. The molecule has 0 saturated carbocycles. The van der Waals surface area contributed by atoms with E-state index < -0.39 is 0 Å². The Morgan fingerprint density at radius 2 is 1.60 bits per heavy atom. The highest BCUT2D eigenvalue weighted by molar-refractivity contribution is 6.16. The first-order valence-corrected chi connectivity index (χ1v) is 14.2. The molecule has 1 aliphatic rings. The fraction of sp³-hybridized carbons (Fsp3) is 0.344. The third kappa shape index (κ3) is 8.86. The standard InChI is InChI=1S/C23H27N7.C8H14N2O.CH2O/c1-26-18-6-8-19(9-7-18)30-23-20(22(25)28-14-29-23)21(24)17-4-2-15(3-5-17)16-10-12-27-13-11-16;1-8(2,3)6-5-7(9-4)10-11-6;1-2/h2-9,14,16,24,26-27H,10-13H2,1H3,(H3,25,28,29,30);5H,1-4H3,(H,9,10);1H2. The van der Waals surface area contributed by atoms with Crippen molar-refractivity contribution < 1.29 is 9.32 Å². The Morgan fingerprint density at radius 3 is 2.14 bits per heavy atom. The molecule has 2 aromatic heterocycles. The van der Waals surface area contributed by atoms with Gasteiger partial charge in [0.15, 0.2) is 5.82 Å². The zero-order chi connectivity index (χ0) is 31.4. The average molecular weight is 586 g/mol. The van der Waals surface area contributed by atoms with Crippen molar-refractivity contribution in [3.8, 4) is 0 Å². The smallest absolute Gasteiger partial charge is 0.169 e. The molecule has 0 bridgehead atoms. The number of nitrogens with two attached hydrogens (primary N) is 1. The molecular weight excluding hydrogens is 542 g/mol. The summed E-state index contributed by atoms with van der Waals surface area (Å²) in [6.07, 6.45) is 3.71. The minimum atomic E-state index is 0.0437. The van der Waals surface area contributed by atoms with Crippen LogP contribution in [0, 0.1) is 5.41 Å². The lowest BCUT2D eigenvalue weighted by Crippen LogP contribution is -2.26. The summed E-state index contributed by atoms with van der Waals surface area (Å²) in [6, 6.07) is 18.0. The lowest BCUT2D eigenvalue weighted by atomic mass is 9.89. The molecule has 0 spiro atoms. The number of benzene rings is 2. The Hall–Kier alpha value is -4.77. The van der Waals surface area contributed by atoms with Crippen molar-refractivity contribution in [2.75, 3.05) is 48.9 Å². The Bertz CT molecular complexity index is 1440. The lowest BCUT2D eigenvalue weighted by molar-refractivity contribution is -0.0980. The molecule has 1 saturated heterocycles. The van der Waals surface area contributed by atoms with Gasteiger partial charge >= 0.3 is 0 Å². The van der Waals surface area contributed by atoms with Gasteiger partial charge in [-0.05, 0) is 61.7 Å². The fourth-order valence-electron chi connectivity index (χ4n) is 4.57. The number of aromatic nitrogens is 3. The van der Waals surface area contributed by atoms with Crippen LogP contribution < -0.4 is 27.0 Å². The van der Waals surface area contributed by atoms with Crippen molar-refractivity contribution in [3.63, 3.8) is 0 Å². The molecule has 0 atom stereocenters. The summed E-state index contributed by atoms with van der Waals surface area (Å²) >= 11 is 0. The molecule has 1 aliphatic heterocycles. The minimum Gasteiger partial charge on any atom is -0.388 e.